The molecule has 0 saturated carbocycles. The van der Waals surface area contributed by atoms with Crippen LogP contribution in [0.4, 0.5) is 0 Å². The van der Waals surface area contributed by atoms with Crippen LogP contribution in [0, 0.1) is 0 Å². The van der Waals surface area contributed by atoms with Gasteiger partial charge in [-0.1, -0.05) is 250 Å². The Labute approximate surface area is 345 Å². The predicted molar refractivity (Wildman–Crippen MR) is 244 cm³/mol. The third-order valence-electron chi connectivity index (χ3n) is 11.7. The minimum absolute atomic E-state index is 0.0420. The Bertz CT molecular complexity index is 795. The van der Waals surface area contributed by atoms with E-state index in [-0.39, 0.29) is 12.5 Å². The van der Waals surface area contributed by atoms with Crippen LogP contribution in [0.2, 0.25) is 0 Å². The standard InChI is InChI=1S/C51H99NO3/c1-3-5-7-9-11-13-15-17-19-21-22-23-24-25-26-27-28-29-30-31-32-34-36-38-40-42-44-46-50(54)49(48-53)52-51(55)47-45-43-41-39-37-35-33-20-18-16-14-12-10-8-6-4-2/h14,16,20,33,49-50,53-54H,3-13,15,17-19,21-32,34-48H2,1-2H3,(H,52,55)/b16-14-,33-20-. The Morgan fingerprint density at radius 3 is 1.11 bits per heavy atom. The Morgan fingerprint density at radius 1 is 0.436 bits per heavy atom. The summed E-state index contributed by atoms with van der Waals surface area (Å²) in [5, 5.41) is 23.2. The highest BCUT2D eigenvalue weighted by Gasteiger charge is 2.20. The minimum Gasteiger partial charge on any atom is -0.394 e. The lowest BCUT2D eigenvalue weighted by molar-refractivity contribution is -0.123. The Balaban J connectivity index is 3.45. The predicted octanol–water partition coefficient (Wildman–Crippen LogP) is 16.0. The summed E-state index contributed by atoms with van der Waals surface area (Å²) < 4.78 is 0. The van der Waals surface area contributed by atoms with Crippen LogP contribution in [-0.2, 0) is 4.79 Å². The van der Waals surface area contributed by atoms with E-state index in [1.54, 1.807) is 0 Å². The molecule has 0 aliphatic heterocycles. The van der Waals surface area contributed by atoms with Crippen molar-refractivity contribution in [3.63, 3.8) is 0 Å². The van der Waals surface area contributed by atoms with Gasteiger partial charge in [-0.15, -0.1) is 0 Å². The van der Waals surface area contributed by atoms with Gasteiger partial charge in [0.2, 0.25) is 5.91 Å². The van der Waals surface area contributed by atoms with E-state index in [0.717, 1.165) is 44.9 Å². The first-order valence-corrected chi connectivity index (χ1v) is 25.0. The Morgan fingerprint density at radius 2 is 0.745 bits per heavy atom. The van der Waals surface area contributed by atoms with Crippen molar-refractivity contribution in [2.75, 3.05) is 6.61 Å². The van der Waals surface area contributed by atoms with Crippen molar-refractivity contribution in [3.8, 4) is 0 Å². The van der Waals surface area contributed by atoms with E-state index in [2.05, 4.69) is 43.5 Å². The number of aliphatic hydroxyl groups excluding tert-OH is 2. The van der Waals surface area contributed by atoms with Gasteiger partial charge in [-0.2, -0.15) is 0 Å². The zero-order valence-corrected chi connectivity index (χ0v) is 37.5. The molecule has 1 amide bonds. The van der Waals surface area contributed by atoms with Gasteiger partial charge < -0.3 is 15.5 Å². The number of allylic oxidation sites excluding steroid dienone is 4. The van der Waals surface area contributed by atoms with Crippen molar-refractivity contribution in [1.82, 2.24) is 5.32 Å². The molecule has 0 bridgehead atoms. The maximum absolute atomic E-state index is 12.4. The Kier molecular flexibility index (Phi) is 46.3. The first-order valence-electron chi connectivity index (χ1n) is 25.0. The fourth-order valence-corrected chi connectivity index (χ4v) is 7.86. The Hall–Kier alpha value is -1.13. The van der Waals surface area contributed by atoms with Crippen molar-refractivity contribution in [1.29, 1.82) is 0 Å². The lowest BCUT2D eigenvalue weighted by atomic mass is 10.0. The van der Waals surface area contributed by atoms with Crippen LogP contribution in [-0.4, -0.2) is 34.9 Å². The van der Waals surface area contributed by atoms with E-state index < -0.39 is 12.1 Å². The first-order chi connectivity index (χ1) is 27.2. The molecule has 3 N–H and O–H groups in total. The van der Waals surface area contributed by atoms with Crippen LogP contribution >= 0.6 is 0 Å². The highest BCUT2D eigenvalue weighted by Crippen LogP contribution is 2.17. The maximum Gasteiger partial charge on any atom is 0.220 e. The number of unbranched alkanes of at least 4 members (excludes halogenated alkanes) is 35. The molecule has 0 radical (unpaired) electrons. The molecular formula is C51H99NO3. The van der Waals surface area contributed by atoms with Crippen molar-refractivity contribution in [2.24, 2.45) is 0 Å². The number of aliphatic hydroxyl groups is 2. The summed E-state index contributed by atoms with van der Waals surface area (Å²) in [6.45, 7) is 4.36. The zero-order valence-electron chi connectivity index (χ0n) is 37.5. The number of hydrogen-bond acceptors (Lipinski definition) is 3. The molecule has 0 heterocycles. The van der Waals surface area contributed by atoms with Crippen LogP contribution in [0.1, 0.15) is 277 Å². The molecule has 55 heavy (non-hydrogen) atoms. The number of carbonyl (C=O) groups excluding carboxylic acids is 1. The number of hydrogen-bond donors (Lipinski definition) is 3. The van der Waals surface area contributed by atoms with E-state index in [1.165, 1.54) is 205 Å². The summed E-state index contributed by atoms with van der Waals surface area (Å²) in [6.07, 6.45) is 61.4. The van der Waals surface area contributed by atoms with Gasteiger partial charge in [0.05, 0.1) is 18.8 Å². The summed E-state index contributed by atoms with van der Waals surface area (Å²) in [4.78, 5) is 12.4. The van der Waals surface area contributed by atoms with Crippen LogP contribution < -0.4 is 5.32 Å². The van der Waals surface area contributed by atoms with Crippen LogP contribution in [0.3, 0.4) is 0 Å². The van der Waals surface area contributed by atoms with Gasteiger partial charge in [0.1, 0.15) is 0 Å². The molecule has 0 aliphatic carbocycles. The molecule has 0 aliphatic rings. The molecule has 0 aromatic carbocycles. The van der Waals surface area contributed by atoms with Gasteiger partial charge >= 0.3 is 0 Å². The van der Waals surface area contributed by atoms with Gasteiger partial charge in [-0.3, -0.25) is 4.79 Å². The second-order valence-electron chi connectivity index (χ2n) is 17.2. The molecule has 0 spiro atoms. The molecule has 2 atom stereocenters. The van der Waals surface area contributed by atoms with Crippen LogP contribution in [0.5, 0.6) is 0 Å². The summed E-state index contributed by atoms with van der Waals surface area (Å²) in [5.41, 5.74) is 0. The normalized spacial score (nSPS) is 13.0. The molecule has 2 unspecified atom stereocenters. The molecule has 4 heteroatoms. The molecule has 0 saturated heterocycles. The highest BCUT2D eigenvalue weighted by atomic mass is 16.3. The fourth-order valence-electron chi connectivity index (χ4n) is 7.86. The monoisotopic (exact) mass is 774 g/mol. The SMILES string of the molecule is CCCCCC/C=C\C/C=C\CCCCCCCC(=O)NC(CO)C(O)CCCCCCCCCCCCCCCCCCCCCCCCCCCCC. The maximum atomic E-state index is 12.4. The van der Waals surface area contributed by atoms with E-state index in [9.17, 15) is 15.0 Å². The fraction of sp³-hybridized carbons (Fsp3) is 0.902. The molecule has 0 fully saturated rings. The molecule has 0 aromatic heterocycles. The van der Waals surface area contributed by atoms with Crippen LogP contribution in [0.15, 0.2) is 24.3 Å². The van der Waals surface area contributed by atoms with E-state index in [1.807, 2.05) is 0 Å². The third-order valence-corrected chi connectivity index (χ3v) is 11.7. The van der Waals surface area contributed by atoms with Crippen molar-refractivity contribution >= 4 is 5.91 Å². The average Bonchev–Trinajstić information content (AvgIpc) is 3.19. The molecular weight excluding hydrogens is 675 g/mol. The lowest BCUT2D eigenvalue weighted by Gasteiger charge is -2.22. The largest absolute Gasteiger partial charge is 0.394 e. The van der Waals surface area contributed by atoms with E-state index in [4.69, 9.17) is 0 Å². The van der Waals surface area contributed by atoms with Gasteiger partial charge in [-0.25, -0.2) is 0 Å². The topological polar surface area (TPSA) is 69.6 Å². The number of rotatable bonds is 46. The van der Waals surface area contributed by atoms with E-state index in [0.29, 0.717) is 12.8 Å². The molecule has 0 aromatic rings. The van der Waals surface area contributed by atoms with Crippen molar-refractivity contribution in [2.45, 2.75) is 289 Å². The smallest absolute Gasteiger partial charge is 0.220 e. The summed E-state index contributed by atoms with van der Waals surface area (Å²) in [6, 6.07) is -0.542. The quantitative estimate of drug-likeness (QED) is 0.0426. The third kappa shape index (κ3) is 43.8. The number of carbonyl (C=O) groups is 1. The summed E-state index contributed by atoms with van der Waals surface area (Å²) >= 11 is 0. The molecule has 326 valence electrons. The lowest BCUT2D eigenvalue weighted by Crippen LogP contribution is -2.45. The van der Waals surface area contributed by atoms with Gasteiger partial charge in [0, 0.05) is 6.42 Å². The van der Waals surface area contributed by atoms with Gasteiger partial charge in [0.25, 0.3) is 0 Å². The summed E-state index contributed by atoms with van der Waals surface area (Å²) in [5.74, 6) is -0.0420. The zero-order chi connectivity index (χ0) is 40.0. The summed E-state index contributed by atoms with van der Waals surface area (Å²) in [7, 11) is 0. The van der Waals surface area contributed by atoms with Crippen molar-refractivity contribution in [3.05, 3.63) is 24.3 Å². The minimum atomic E-state index is -0.664. The first kappa shape index (κ1) is 53.9. The molecule has 4 nitrogen and oxygen atoms in total. The highest BCUT2D eigenvalue weighted by molar-refractivity contribution is 5.76. The average molecular weight is 774 g/mol. The van der Waals surface area contributed by atoms with Gasteiger partial charge in [0.15, 0.2) is 0 Å². The molecule has 0 rings (SSSR count). The second kappa shape index (κ2) is 47.2. The van der Waals surface area contributed by atoms with Crippen molar-refractivity contribution < 1.29 is 15.0 Å². The van der Waals surface area contributed by atoms with Gasteiger partial charge in [-0.05, 0) is 44.9 Å². The number of amides is 1. The number of nitrogens with one attached hydrogen (secondary N) is 1. The van der Waals surface area contributed by atoms with Crippen LogP contribution in [0.25, 0.3) is 0 Å². The second-order valence-corrected chi connectivity index (χ2v) is 17.2. The van der Waals surface area contributed by atoms with E-state index >= 15 is 0 Å².